The first-order valence-corrected chi connectivity index (χ1v) is 6.29. The SMILES string of the molecule is CC(CCO)SCc1cnc(Cl)s1. The molecule has 0 aliphatic heterocycles. The van der Waals surface area contributed by atoms with Crippen LogP contribution in [0.5, 0.6) is 0 Å². The van der Waals surface area contributed by atoms with Crippen molar-refractivity contribution in [3.63, 3.8) is 0 Å². The van der Waals surface area contributed by atoms with E-state index in [9.17, 15) is 0 Å². The second-order valence-corrected chi connectivity index (χ2v) is 5.84. The van der Waals surface area contributed by atoms with Crippen molar-refractivity contribution >= 4 is 34.7 Å². The summed E-state index contributed by atoms with van der Waals surface area (Å²) in [5, 5.41) is 9.19. The molecule has 0 aromatic carbocycles. The van der Waals surface area contributed by atoms with E-state index in [2.05, 4.69) is 11.9 Å². The molecule has 0 fully saturated rings. The van der Waals surface area contributed by atoms with Gasteiger partial charge < -0.3 is 5.11 Å². The number of thiazole rings is 1. The molecule has 0 amide bonds. The molecule has 1 N–H and O–H groups in total. The van der Waals surface area contributed by atoms with Crippen molar-refractivity contribution in [1.82, 2.24) is 4.98 Å². The molecular weight excluding hydrogens is 226 g/mol. The second kappa shape index (κ2) is 5.86. The van der Waals surface area contributed by atoms with Gasteiger partial charge in [0.05, 0.1) is 0 Å². The summed E-state index contributed by atoms with van der Waals surface area (Å²) in [6.07, 6.45) is 2.66. The van der Waals surface area contributed by atoms with Crippen LogP contribution in [0.3, 0.4) is 0 Å². The van der Waals surface area contributed by atoms with Crippen LogP contribution in [-0.4, -0.2) is 21.9 Å². The maximum Gasteiger partial charge on any atom is 0.183 e. The highest BCUT2D eigenvalue weighted by Gasteiger charge is 2.04. The Bertz CT molecular complexity index is 254. The van der Waals surface area contributed by atoms with E-state index < -0.39 is 0 Å². The average molecular weight is 238 g/mol. The lowest BCUT2D eigenvalue weighted by Crippen LogP contribution is -1.99. The summed E-state index contributed by atoms with van der Waals surface area (Å²) in [7, 11) is 0. The van der Waals surface area contributed by atoms with Crippen LogP contribution < -0.4 is 0 Å². The minimum Gasteiger partial charge on any atom is -0.396 e. The average Bonchev–Trinajstić information content (AvgIpc) is 2.49. The lowest BCUT2D eigenvalue weighted by atomic mass is 10.3. The molecular formula is C8H12ClNOS2. The molecule has 0 radical (unpaired) electrons. The number of aliphatic hydroxyl groups excluding tert-OH is 1. The van der Waals surface area contributed by atoms with Gasteiger partial charge in [-0.2, -0.15) is 11.8 Å². The van der Waals surface area contributed by atoms with E-state index in [1.807, 2.05) is 18.0 Å². The summed E-state index contributed by atoms with van der Waals surface area (Å²) in [4.78, 5) is 5.16. The van der Waals surface area contributed by atoms with Gasteiger partial charge in [-0.25, -0.2) is 4.98 Å². The minimum atomic E-state index is 0.262. The predicted octanol–water partition coefficient (Wildman–Crippen LogP) is 2.80. The smallest absolute Gasteiger partial charge is 0.183 e. The molecule has 0 aliphatic rings. The molecule has 1 atom stereocenters. The Balaban J connectivity index is 2.26. The van der Waals surface area contributed by atoms with E-state index in [0.717, 1.165) is 12.2 Å². The fourth-order valence-electron chi connectivity index (χ4n) is 0.840. The van der Waals surface area contributed by atoms with Gasteiger partial charge in [0.1, 0.15) is 0 Å². The van der Waals surface area contributed by atoms with E-state index in [1.165, 1.54) is 16.2 Å². The first-order valence-electron chi connectivity index (χ1n) is 4.05. The van der Waals surface area contributed by atoms with Gasteiger partial charge in [-0.1, -0.05) is 18.5 Å². The normalized spacial score (nSPS) is 13.2. The van der Waals surface area contributed by atoms with Crippen molar-refractivity contribution < 1.29 is 5.11 Å². The van der Waals surface area contributed by atoms with Gasteiger partial charge in [-0.3, -0.25) is 0 Å². The van der Waals surface area contributed by atoms with Crippen LogP contribution in [0.1, 0.15) is 18.2 Å². The first kappa shape index (κ1) is 11.3. The summed E-state index contributed by atoms with van der Waals surface area (Å²) in [6.45, 7) is 2.38. The first-order chi connectivity index (χ1) is 6.22. The van der Waals surface area contributed by atoms with Gasteiger partial charge in [-0.05, 0) is 6.42 Å². The molecule has 1 aromatic rings. The number of nitrogens with zero attached hydrogens (tertiary/aromatic N) is 1. The molecule has 5 heteroatoms. The number of aromatic nitrogens is 1. The summed E-state index contributed by atoms with van der Waals surface area (Å²) in [6, 6.07) is 0. The Morgan fingerprint density at radius 3 is 3.08 bits per heavy atom. The largest absolute Gasteiger partial charge is 0.396 e. The highest BCUT2D eigenvalue weighted by molar-refractivity contribution is 7.99. The van der Waals surface area contributed by atoms with Crippen LogP contribution in [0.4, 0.5) is 0 Å². The maximum absolute atomic E-state index is 8.69. The Hall–Kier alpha value is 0.230. The lowest BCUT2D eigenvalue weighted by Gasteiger charge is -2.06. The molecule has 0 spiro atoms. The molecule has 74 valence electrons. The molecule has 2 nitrogen and oxygen atoms in total. The molecule has 1 heterocycles. The summed E-state index contributed by atoms with van der Waals surface area (Å²) in [5.74, 6) is 0.936. The molecule has 1 unspecified atom stereocenters. The molecule has 0 saturated heterocycles. The highest BCUT2D eigenvalue weighted by atomic mass is 35.5. The quantitative estimate of drug-likeness (QED) is 0.855. The fourth-order valence-corrected chi connectivity index (χ4v) is 2.85. The Morgan fingerprint density at radius 1 is 1.77 bits per heavy atom. The summed E-state index contributed by atoms with van der Waals surface area (Å²) in [5.41, 5.74) is 0. The van der Waals surface area contributed by atoms with Crippen LogP contribution in [0.15, 0.2) is 6.20 Å². The zero-order valence-corrected chi connectivity index (χ0v) is 9.75. The standard InChI is InChI=1S/C8H12ClNOS2/c1-6(2-3-11)12-5-7-4-10-8(9)13-7/h4,6,11H,2-3,5H2,1H3. The van der Waals surface area contributed by atoms with Crippen molar-refractivity contribution in [2.24, 2.45) is 0 Å². The number of aliphatic hydroxyl groups is 1. The highest BCUT2D eigenvalue weighted by Crippen LogP contribution is 2.25. The Labute approximate surface area is 91.3 Å². The number of hydrogen-bond donors (Lipinski definition) is 1. The van der Waals surface area contributed by atoms with Gasteiger partial charge in [-0.15, -0.1) is 11.3 Å². The number of thioether (sulfide) groups is 1. The molecule has 1 rings (SSSR count). The molecule has 0 saturated carbocycles. The molecule has 0 aliphatic carbocycles. The van der Waals surface area contributed by atoms with E-state index in [1.54, 1.807) is 0 Å². The predicted molar refractivity (Wildman–Crippen MR) is 59.6 cm³/mol. The van der Waals surface area contributed by atoms with Crippen molar-refractivity contribution in [2.75, 3.05) is 6.61 Å². The number of rotatable bonds is 5. The van der Waals surface area contributed by atoms with E-state index in [-0.39, 0.29) is 6.61 Å². The third-order valence-corrected chi connectivity index (χ3v) is 4.15. The van der Waals surface area contributed by atoms with Crippen molar-refractivity contribution in [3.05, 3.63) is 15.5 Å². The van der Waals surface area contributed by atoms with Gasteiger partial charge >= 0.3 is 0 Å². The zero-order valence-electron chi connectivity index (χ0n) is 7.36. The van der Waals surface area contributed by atoms with Crippen LogP contribution in [0.25, 0.3) is 0 Å². The van der Waals surface area contributed by atoms with E-state index >= 15 is 0 Å². The van der Waals surface area contributed by atoms with Gasteiger partial charge in [0, 0.05) is 28.7 Å². The second-order valence-electron chi connectivity index (χ2n) is 2.71. The summed E-state index contributed by atoms with van der Waals surface area (Å²) >= 11 is 9.03. The molecule has 0 bridgehead atoms. The van der Waals surface area contributed by atoms with Crippen LogP contribution in [0.2, 0.25) is 4.47 Å². The van der Waals surface area contributed by atoms with Crippen LogP contribution >= 0.6 is 34.7 Å². The van der Waals surface area contributed by atoms with E-state index in [4.69, 9.17) is 16.7 Å². The lowest BCUT2D eigenvalue weighted by molar-refractivity contribution is 0.289. The van der Waals surface area contributed by atoms with Gasteiger partial charge in [0.15, 0.2) is 4.47 Å². The van der Waals surface area contributed by atoms with Gasteiger partial charge in [0.25, 0.3) is 0 Å². The third kappa shape index (κ3) is 4.31. The maximum atomic E-state index is 8.69. The van der Waals surface area contributed by atoms with Crippen LogP contribution in [0, 0.1) is 0 Å². The fraction of sp³-hybridized carbons (Fsp3) is 0.625. The van der Waals surface area contributed by atoms with Crippen molar-refractivity contribution in [3.8, 4) is 0 Å². The van der Waals surface area contributed by atoms with Gasteiger partial charge in [0.2, 0.25) is 0 Å². The minimum absolute atomic E-state index is 0.262. The van der Waals surface area contributed by atoms with Crippen molar-refractivity contribution in [1.29, 1.82) is 0 Å². The zero-order chi connectivity index (χ0) is 9.68. The summed E-state index contributed by atoms with van der Waals surface area (Å²) < 4.78 is 0.602. The van der Waals surface area contributed by atoms with Crippen LogP contribution in [-0.2, 0) is 5.75 Å². The Kier molecular flexibility index (Phi) is 5.09. The topological polar surface area (TPSA) is 33.1 Å². The molecule has 13 heavy (non-hydrogen) atoms. The number of hydrogen-bond acceptors (Lipinski definition) is 4. The Morgan fingerprint density at radius 2 is 2.54 bits per heavy atom. The molecule has 1 aromatic heterocycles. The van der Waals surface area contributed by atoms with Crippen molar-refractivity contribution in [2.45, 2.75) is 24.3 Å². The third-order valence-electron chi connectivity index (χ3n) is 1.57. The monoisotopic (exact) mass is 237 g/mol. The number of halogens is 1. The van der Waals surface area contributed by atoms with E-state index in [0.29, 0.717) is 9.72 Å².